The first-order valence-electron chi connectivity index (χ1n) is 4.63. The summed E-state index contributed by atoms with van der Waals surface area (Å²) in [6.45, 7) is 0. The van der Waals surface area contributed by atoms with Crippen LogP contribution in [0.2, 0.25) is 0 Å². The molecule has 2 aromatic heterocycles. The standard InChI is InChI=1S/C11H9N3O/c12-14-11-10-7-3-1-2-4-8(7)15-9(10)5-6-13-11/h1-6H,12H2,(H,13,14). The maximum Gasteiger partial charge on any atom is 0.151 e. The lowest BCUT2D eigenvalue weighted by atomic mass is 10.2. The van der Waals surface area contributed by atoms with Crippen molar-refractivity contribution in [1.29, 1.82) is 0 Å². The van der Waals surface area contributed by atoms with Crippen LogP contribution in [0.5, 0.6) is 0 Å². The highest BCUT2D eigenvalue weighted by Crippen LogP contribution is 2.31. The molecule has 74 valence electrons. The number of hydrogen-bond acceptors (Lipinski definition) is 4. The average Bonchev–Trinajstić information content (AvgIpc) is 2.67. The molecule has 0 radical (unpaired) electrons. The number of benzene rings is 1. The van der Waals surface area contributed by atoms with Gasteiger partial charge in [-0.2, -0.15) is 0 Å². The lowest BCUT2D eigenvalue weighted by molar-refractivity contribution is 0.668. The van der Waals surface area contributed by atoms with Crippen molar-refractivity contribution in [3.63, 3.8) is 0 Å². The molecule has 1 aromatic carbocycles. The molecule has 0 aliphatic rings. The van der Waals surface area contributed by atoms with E-state index in [1.165, 1.54) is 0 Å². The van der Waals surface area contributed by atoms with E-state index in [-0.39, 0.29) is 0 Å². The molecule has 15 heavy (non-hydrogen) atoms. The van der Waals surface area contributed by atoms with Gasteiger partial charge in [-0.25, -0.2) is 10.8 Å². The SMILES string of the molecule is NNc1nccc2oc3ccccc3c12. The molecule has 0 amide bonds. The van der Waals surface area contributed by atoms with E-state index in [0.29, 0.717) is 5.82 Å². The molecule has 0 atom stereocenters. The highest BCUT2D eigenvalue weighted by molar-refractivity contribution is 6.10. The fourth-order valence-corrected chi connectivity index (χ4v) is 1.78. The molecule has 2 heterocycles. The van der Waals surface area contributed by atoms with Crippen molar-refractivity contribution in [2.45, 2.75) is 0 Å². The Balaban J connectivity index is 2.56. The molecule has 0 aliphatic heterocycles. The van der Waals surface area contributed by atoms with E-state index in [4.69, 9.17) is 10.3 Å². The molecular weight excluding hydrogens is 190 g/mol. The van der Waals surface area contributed by atoms with Crippen LogP contribution in [-0.4, -0.2) is 4.98 Å². The van der Waals surface area contributed by atoms with Crippen LogP contribution in [0.3, 0.4) is 0 Å². The van der Waals surface area contributed by atoms with E-state index in [1.54, 1.807) is 6.20 Å². The second-order valence-corrected chi connectivity index (χ2v) is 3.28. The van der Waals surface area contributed by atoms with Gasteiger partial charge in [-0.3, -0.25) is 0 Å². The lowest BCUT2D eigenvalue weighted by Gasteiger charge is -1.98. The Labute approximate surface area is 85.7 Å². The first-order chi connectivity index (χ1) is 7.40. The van der Waals surface area contributed by atoms with Crippen molar-refractivity contribution in [2.24, 2.45) is 5.84 Å². The van der Waals surface area contributed by atoms with Gasteiger partial charge in [0, 0.05) is 11.6 Å². The Morgan fingerprint density at radius 3 is 2.87 bits per heavy atom. The number of anilines is 1. The van der Waals surface area contributed by atoms with Gasteiger partial charge in [0.25, 0.3) is 0 Å². The zero-order valence-corrected chi connectivity index (χ0v) is 7.90. The molecule has 3 rings (SSSR count). The zero-order chi connectivity index (χ0) is 10.3. The second kappa shape index (κ2) is 2.96. The van der Waals surface area contributed by atoms with Crippen molar-refractivity contribution in [1.82, 2.24) is 4.98 Å². The van der Waals surface area contributed by atoms with Crippen LogP contribution in [0.1, 0.15) is 0 Å². The predicted molar refractivity (Wildman–Crippen MR) is 59.3 cm³/mol. The van der Waals surface area contributed by atoms with Gasteiger partial charge in [0.15, 0.2) is 5.82 Å². The number of nitrogen functional groups attached to an aromatic ring is 1. The minimum Gasteiger partial charge on any atom is -0.456 e. The number of fused-ring (bicyclic) bond motifs is 3. The fraction of sp³-hybridized carbons (Fsp3) is 0. The maximum absolute atomic E-state index is 5.66. The molecule has 0 bridgehead atoms. The molecule has 0 unspecified atom stereocenters. The Bertz CT molecular complexity index is 630. The van der Waals surface area contributed by atoms with Gasteiger partial charge in [-0.15, -0.1) is 0 Å². The summed E-state index contributed by atoms with van der Waals surface area (Å²) in [6, 6.07) is 9.65. The predicted octanol–water partition coefficient (Wildman–Crippen LogP) is 2.27. The van der Waals surface area contributed by atoms with Crippen molar-refractivity contribution < 1.29 is 4.42 Å². The number of rotatable bonds is 1. The van der Waals surface area contributed by atoms with Crippen LogP contribution in [0.4, 0.5) is 5.82 Å². The number of pyridine rings is 1. The number of aromatic nitrogens is 1. The van der Waals surface area contributed by atoms with Crippen LogP contribution < -0.4 is 11.3 Å². The molecule has 0 spiro atoms. The van der Waals surface area contributed by atoms with E-state index >= 15 is 0 Å². The highest BCUT2D eigenvalue weighted by Gasteiger charge is 2.09. The fourth-order valence-electron chi connectivity index (χ4n) is 1.78. The Hall–Kier alpha value is -2.07. The smallest absolute Gasteiger partial charge is 0.151 e. The quantitative estimate of drug-likeness (QED) is 0.466. The van der Waals surface area contributed by atoms with Crippen LogP contribution in [-0.2, 0) is 0 Å². The summed E-state index contributed by atoms with van der Waals surface area (Å²) < 4.78 is 5.66. The van der Waals surface area contributed by atoms with Gasteiger partial charge in [0.1, 0.15) is 11.2 Å². The normalized spacial score (nSPS) is 11.0. The third-order valence-electron chi connectivity index (χ3n) is 2.43. The largest absolute Gasteiger partial charge is 0.456 e. The van der Waals surface area contributed by atoms with Crippen molar-refractivity contribution in [2.75, 3.05) is 5.43 Å². The molecule has 0 aliphatic carbocycles. The number of nitrogens with one attached hydrogen (secondary N) is 1. The number of para-hydroxylation sites is 1. The Morgan fingerprint density at radius 1 is 1.13 bits per heavy atom. The van der Waals surface area contributed by atoms with Gasteiger partial charge in [0.2, 0.25) is 0 Å². The molecule has 0 saturated heterocycles. The van der Waals surface area contributed by atoms with E-state index < -0.39 is 0 Å². The minimum atomic E-state index is 0.637. The van der Waals surface area contributed by atoms with Crippen LogP contribution in [0.15, 0.2) is 40.9 Å². The molecule has 0 saturated carbocycles. The van der Waals surface area contributed by atoms with Crippen molar-refractivity contribution in [3.05, 3.63) is 36.5 Å². The number of hydrazine groups is 1. The monoisotopic (exact) mass is 199 g/mol. The maximum atomic E-state index is 5.66. The van der Waals surface area contributed by atoms with Gasteiger partial charge in [-0.05, 0) is 12.1 Å². The summed E-state index contributed by atoms with van der Waals surface area (Å²) in [6.07, 6.45) is 1.67. The van der Waals surface area contributed by atoms with Gasteiger partial charge >= 0.3 is 0 Å². The van der Waals surface area contributed by atoms with Crippen LogP contribution >= 0.6 is 0 Å². The van der Waals surface area contributed by atoms with E-state index in [9.17, 15) is 0 Å². The van der Waals surface area contributed by atoms with E-state index in [1.807, 2.05) is 30.3 Å². The van der Waals surface area contributed by atoms with Gasteiger partial charge in [0.05, 0.1) is 5.39 Å². The van der Waals surface area contributed by atoms with E-state index in [0.717, 1.165) is 21.9 Å². The third-order valence-corrected chi connectivity index (χ3v) is 2.43. The summed E-state index contributed by atoms with van der Waals surface area (Å²) in [4.78, 5) is 4.15. The Morgan fingerprint density at radius 2 is 2.00 bits per heavy atom. The number of nitrogens with zero attached hydrogens (tertiary/aromatic N) is 1. The number of furan rings is 1. The van der Waals surface area contributed by atoms with Gasteiger partial charge in [-0.1, -0.05) is 18.2 Å². The summed E-state index contributed by atoms with van der Waals surface area (Å²) in [7, 11) is 0. The van der Waals surface area contributed by atoms with Crippen molar-refractivity contribution in [3.8, 4) is 0 Å². The molecular formula is C11H9N3O. The average molecular weight is 199 g/mol. The molecule has 4 nitrogen and oxygen atoms in total. The van der Waals surface area contributed by atoms with Crippen LogP contribution in [0.25, 0.3) is 21.9 Å². The first-order valence-corrected chi connectivity index (χ1v) is 4.63. The summed E-state index contributed by atoms with van der Waals surface area (Å²) >= 11 is 0. The summed E-state index contributed by atoms with van der Waals surface area (Å²) in [5.74, 6) is 6.05. The minimum absolute atomic E-state index is 0.637. The molecule has 4 heteroatoms. The van der Waals surface area contributed by atoms with Gasteiger partial charge < -0.3 is 9.84 Å². The molecule has 0 fully saturated rings. The number of hydrogen-bond donors (Lipinski definition) is 2. The second-order valence-electron chi connectivity index (χ2n) is 3.28. The van der Waals surface area contributed by atoms with Crippen LogP contribution in [0, 0.1) is 0 Å². The molecule has 3 aromatic rings. The summed E-state index contributed by atoms with van der Waals surface area (Å²) in [5.41, 5.74) is 4.21. The topological polar surface area (TPSA) is 64.1 Å². The zero-order valence-electron chi connectivity index (χ0n) is 7.90. The Kier molecular flexibility index (Phi) is 1.63. The highest BCUT2D eigenvalue weighted by atomic mass is 16.3. The lowest BCUT2D eigenvalue weighted by Crippen LogP contribution is -2.08. The van der Waals surface area contributed by atoms with Crippen molar-refractivity contribution >= 4 is 27.8 Å². The summed E-state index contributed by atoms with van der Waals surface area (Å²) in [5, 5.41) is 1.95. The third kappa shape index (κ3) is 1.08. The number of nitrogens with two attached hydrogens (primary N) is 1. The molecule has 3 N–H and O–H groups in total. The first kappa shape index (κ1) is 8.26. The van der Waals surface area contributed by atoms with E-state index in [2.05, 4.69) is 10.4 Å².